The molecule has 1 unspecified atom stereocenters. The second-order valence-electron chi connectivity index (χ2n) is 13.0. The molecule has 4 aliphatic carbocycles. The van der Waals surface area contributed by atoms with E-state index in [1.807, 2.05) is 12.1 Å². The minimum atomic E-state index is -0.294. The second kappa shape index (κ2) is 11.3. The Hall–Kier alpha value is -1.59. The molecule has 3 fully saturated rings. The third kappa shape index (κ3) is 5.45. The Kier molecular flexibility index (Phi) is 8.21. The largest absolute Gasteiger partial charge is 0.482 e. The van der Waals surface area contributed by atoms with Gasteiger partial charge in [-0.3, -0.25) is 0 Å². The number of benzene rings is 1. The molecule has 0 heterocycles. The number of hydrogen-bond acceptors (Lipinski definition) is 5. The molecule has 37 heavy (non-hydrogen) atoms. The normalized spacial score (nSPS) is 36.7. The van der Waals surface area contributed by atoms with E-state index < -0.39 is 0 Å². The molecule has 5 nitrogen and oxygen atoms in total. The van der Waals surface area contributed by atoms with Gasteiger partial charge in [-0.2, -0.15) is 0 Å². The summed E-state index contributed by atoms with van der Waals surface area (Å²) in [6.07, 6.45) is 11.5. The van der Waals surface area contributed by atoms with Crippen molar-refractivity contribution in [1.82, 2.24) is 0 Å². The maximum Gasteiger partial charge on any atom is 0.344 e. The molecule has 0 radical (unpaired) electrons. The van der Waals surface area contributed by atoms with Crippen molar-refractivity contribution >= 4 is 5.97 Å². The van der Waals surface area contributed by atoms with Gasteiger partial charge in [-0.15, -0.1) is 0 Å². The number of unbranched alkanes of at least 4 members (excludes halogenated alkanes) is 2. The number of esters is 1. The lowest BCUT2D eigenvalue weighted by Crippen LogP contribution is -2.35. The van der Waals surface area contributed by atoms with E-state index in [0.29, 0.717) is 23.7 Å². The zero-order valence-corrected chi connectivity index (χ0v) is 23.2. The van der Waals surface area contributed by atoms with Crippen LogP contribution in [-0.4, -0.2) is 41.1 Å². The van der Waals surface area contributed by atoms with E-state index in [4.69, 9.17) is 9.47 Å². The van der Waals surface area contributed by atoms with Gasteiger partial charge >= 0.3 is 5.97 Å². The predicted octanol–water partition coefficient (Wildman–Crippen LogP) is 5.87. The highest BCUT2D eigenvalue weighted by molar-refractivity contribution is 5.71. The van der Waals surface area contributed by atoms with E-state index in [1.54, 1.807) is 0 Å². The van der Waals surface area contributed by atoms with Crippen molar-refractivity contribution in [2.45, 2.75) is 116 Å². The van der Waals surface area contributed by atoms with Crippen LogP contribution in [0.15, 0.2) is 18.2 Å². The van der Waals surface area contributed by atoms with Crippen LogP contribution in [-0.2, 0) is 22.4 Å². The van der Waals surface area contributed by atoms with Gasteiger partial charge in [0.25, 0.3) is 0 Å². The van der Waals surface area contributed by atoms with Crippen LogP contribution >= 0.6 is 0 Å². The quantitative estimate of drug-likeness (QED) is 0.287. The van der Waals surface area contributed by atoms with E-state index >= 15 is 0 Å². The lowest BCUT2D eigenvalue weighted by molar-refractivity contribution is -0.158. The molecule has 3 saturated carbocycles. The van der Waals surface area contributed by atoms with Gasteiger partial charge in [0.1, 0.15) is 11.9 Å². The highest BCUT2D eigenvalue weighted by Crippen LogP contribution is 2.59. The maximum absolute atomic E-state index is 12.7. The molecule has 5 heteroatoms. The number of rotatable bonds is 11. The molecule has 4 aliphatic rings. The minimum absolute atomic E-state index is 0.0184. The third-order valence-electron chi connectivity index (χ3n) is 11.0. The fraction of sp³-hybridized carbons (Fsp3) is 0.781. The molecule has 9 atom stereocenters. The third-order valence-corrected chi connectivity index (χ3v) is 11.0. The Labute approximate surface area is 223 Å². The Morgan fingerprint density at radius 2 is 2.00 bits per heavy atom. The lowest BCUT2D eigenvalue weighted by atomic mass is 9.73. The molecule has 0 spiro atoms. The average molecular weight is 513 g/mol. The Balaban J connectivity index is 1.16. The fourth-order valence-electron chi connectivity index (χ4n) is 8.44. The van der Waals surface area contributed by atoms with Crippen LogP contribution in [0, 0.1) is 35.0 Å². The fourth-order valence-corrected chi connectivity index (χ4v) is 8.44. The van der Waals surface area contributed by atoms with Crippen molar-refractivity contribution in [3.8, 4) is 5.75 Å². The lowest BCUT2D eigenvalue weighted by Gasteiger charge is -2.33. The second-order valence-corrected chi connectivity index (χ2v) is 13.0. The number of fused-ring (bicyclic) bond motifs is 4. The zero-order chi connectivity index (χ0) is 26.2. The summed E-state index contributed by atoms with van der Waals surface area (Å²) >= 11 is 0. The molecule has 0 saturated heterocycles. The number of hydrogen-bond donors (Lipinski definition) is 2. The molecule has 1 aromatic carbocycles. The zero-order valence-electron chi connectivity index (χ0n) is 23.2. The van der Waals surface area contributed by atoms with E-state index in [2.05, 4.69) is 26.8 Å². The Bertz CT molecular complexity index is 945. The van der Waals surface area contributed by atoms with E-state index in [9.17, 15) is 15.0 Å². The topological polar surface area (TPSA) is 76.0 Å². The van der Waals surface area contributed by atoms with Gasteiger partial charge in [-0.25, -0.2) is 4.79 Å². The first-order chi connectivity index (χ1) is 17.8. The highest BCUT2D eigenvalue weighted by atomic mass is 16.6. The van der Waals surface area contributed by atoms with Crippen LogP contribution in [0.4, 0.5) is 0 Å². The first kappa shape index (κ1) is 27.0. The summed E-state index contributed by atoms with van der Waals surface area (Å²) in [4.78, 5) is 12.7. The van der Waals surface area contributed by atoms with Crippen LogP contribution in [0.5, 0.6) is 5.75 Å². The maximum atomic E-state index is 12.7. The van der Waals surface area contributed by atoms with Crippen LogP contribution in [0.2, 0.25) is 0 Å². The standard InChI is InChI=1S/C32H48O5/c1-4-5-6-9-24(33)11-12-25-26-15-22-8-7-10-29(27(22)16-23(26)17-28(25)34)36-19-31(35)37-30-18-21-13-14-32(30,3)20(21)2/h7-8,10,20-21,23-26,28,30,33-34H,4-6,9,11-19H2,1-3H3/t20?,21-,23+,24-,25-,26+,28-,30-,32-/m1/s1. The summed E-state index contributed by atoms with van der Waals surface area (Å²) in [5.41, 5.74) is 2.60. The number of aliphatic hydroxyl groups excluding tert-OH is 2. The average Bonchev–Trinajstić information content (AvgIpc) is 3.43. The molecule has 2 bridgehead atoms. The number of carbonyl (C=O) groups is 1. The number of ether oxygens (including phenoxy) is 2. The summed E-state index contributed by atoms with van der Waals surface area (Å²) < 4.78 is 12.0. The summed E-state index contributed by atoms with van der Waals surface area (Å²) in [6, 6.07) is 6.18. The molecule has 0 aliphatic heterocycles. The van der Waals surface area contributed by atoms with E-state index in [-0.39, 0.29) is 42.2 Å². The van der Waals surface area contributed by atoms with Gasteiger partial charge in [0.2, 0.25) is 0 Å². The molecule has 5 rings (SSSR count). The highest BCUT2D eigenvalue weighted by Gasteiger charge is 2.56. The smallest absolute Gasteiger partial charge is 0.344 e. The van der Waals surface area contributed by atoms with Crippen molar-refractivity contribution < 1.29 is 24.5 Å². The van der Waals surface area contributed by atoms with E-state index in [0.717, 1.165) is 63.5 Å². The first-order valence-corrected chi connectivity index (χ1v) is 15.1. The van der Waals surface area contributed by atoms with Crippen LogP contribution in [0.1, 0.15) is 96.1 Å². The minimum Gasteiger partial charge on any atom is -0.482 e. The predicted molar refractivity (Wildman–Crippen MR) is 144 cm³/mol. The van der Waals surface area contributed by atoms with Gasteiger partial charge in [-0.1, -0.05) is 52.2 Å². The van der Waals surface area contributed by atoms with Crippen LogP contribution in [0.25, 0.3) is 0 Å². The molecular formula is C32H48O5. The van der Waals surface area contributed by atoms with Gasteiger partial charge in [0, 0.05) is 5.41 Å². The van der Waals surface area contributed by atoms with Crippen LogP contribution in [0.3, 0.4) is 0 Å². The Morgan fingerprint density at radius 1 is 1.16 bits per heavy atom. The molecule has 2 N–H and O–H groups in total. The molecule has 0 amide bonds. The molecule has 1 aromatic rings. The van der Waals surface area contributed by atoms with E-state index in [1.165, 1.54) is 30.4 Å². The van der Waals surface area contributed by atoms with Crippen molar-refractivity contribution in [2.24, 2.45) is 35.0 Å². The van der Waals surface area contributed by atoms with Crippen molar-refractivity contribution in [2.75, 3.05) is 6.61 Å². The van der Waals surface area contributed by atoms with Crippen LogP contribution < -0.4 is 4.74 Å². The number of aliphatic hydroxyl groups is 2. The molecular weight excluding hydrogens is 464 g/mol. The molecule has 0 aromatic heterocycles. The van der Waals surface area contributed by atoms with Gasteiger partial charge in [0.15, 0.2) is 6.61 Å². The SMILES string of the molecule is CCCCC[C@@H](O)CC[C@@H]1[C@H]2Cc3cccc(OCC(=O)O[C@@H]4C[C@H]5CC[C@]4(C)C5C)c3C[C@H]2C[C@H]1O. The summed E-state index contributed by atoms with van der Waals surface area (Å²) in [6.45, 7) is 6.73. The van der Waals surface area contributed by atoms with Crippen molar-refractivity contribution in [3.63, 3.8) is 0 Å². The summed E-state index contributed by atoms with van der Waals surface area (Å²) in [5, 5.41) is 21.3. The first-order valence-electron chi connectivity index (χ1n) is 15.1. The number of carbonyl (C=O) groups excluding carboxylic acids is 1. The summed E-state index contributed by atoms with van der Waals surface area (Å²) in [5.74, 6) is 2.98. The van der Waals surface area contributed by atoms with Gasteiger partial charge in [0.05, 0.1) is 12.2 Å². The Morgan fingerprint density at radius 3 is 2.73 bits per heavy atom. The monoisotopic (exact) mass is 512 g/mol. The molecule has 206 valence electrons. The summed E-state index contributed by atoms with van der Waals surface area (Å²) in [7, 11) is 0. The van der Waals surface area contributed by atoms with Crippen molar-refractivity contribution in [1.29, 1.82) is 0 Å². The van der Waals surface area contributed by atoms with Crippen molar-refractivity contribution in [3.05, 3.63) is 29.3 Å². The van der Waals surface area contributed by atoms with Gasteiger partial charge < -0.3 is 19.7 Å². The van der Waals surface area contributed by atoms with Gasteiger partial charge in [-0.05, 0) is 105 Å².